The third kappa shape index (κ3) is 5.16. The summed E-state index contributed by atoms with van der Waals surface area (Å²) in [5.41, 5.74) is 0.531. The van der Waals surface area contributed by atoms with Gasteiger partial charge in [-0.15, -0.1) is 0 Å². The predicted molar refractivity (Wildman–Crippen MR) is 92.8 cm³/mol. The molecule has 1 aliphatic heterocycles. The van der Waals surface area contributed by atoms with Crippen LogP contribution in [-0.4, -0.2) is 60.5 Å². The van der Waals surface area contributed by atoms with Crippen molar-refractivity contribution < 1.29 is 4.79 Å². The Hall–Kier alpha value is -1.69. The molecule has 0 bridgehead atoms. The van der Waals surface area contributed by atoms with E-state index in [4.69, 9.17) is 0 Å². The van der Waals surface area contributed by atoms with Crippen molar-refractivity contribution in [1.82, 2.24) is 20.2 Å². The molecule has 1 unspecified atom stereocenters. The smallest absolute Gasteiger partial charge is 0.254 e. The molecule has 1 saturated heterocycles. The van der Waals surface area contributed by atoms with Crippen LogP contribution in [0.5, 0.6) is 0 Å². The molecule has 1 N–H and O–H groups in total. The van der Waals surface area contributed by atoms with Crippen LogP contribution in [0.15, 0.2) is 12.4 Å². The Morgan fingerprint density at radius 1 is 1.35 bits per heavy atom. The van der Waals surface area contributed by atoms with E-state index in [9.17, 15) is 4.79 Å². The first-order chi connectivity index (χ1) is 11.1. The molecule has 0 spiro atoms. The average molecular weight is 319 g/mol. The molecule has 2 rings (SSSR count). The number of piperidine rings is 1. The van der Waals surface area contributed by atoms with E-state index >= 15 is 0 Å². The third-order valence-corrected chi connectivity index (χ3v) is 4.32. The van der Waals surface area contributed by atoms with Gasteiger partial charge in [0.2, 0.25) is 5.95 Å². The van der Waals surface area contributed by atoms with Crippen LogP contribution in [0.3, 0.4) is 0 Å². The fourth-order valence-corrected chi connectivity index (χ4v) is 2.97. The van der Waals surface area contributed by atoms with E-state index in [1.807, 2.05) is 14.1 Å². The molecule has 1 atom stereocenters. The molecule has 0 radical (unpaired) electrons. The second-order valence-corrected chi connectivity index (χ2v) is 6.44. The minimum Gasteiger partial charge on any atom is -0.352 e. The standard InChI is InChI=1S/C17H29N5O/c1-4-15-8-5-6-11-22(15)17-19-12-14(13-20-17)16(23)18-9-7-10-21(2)3/h12-13,15H,4-11H2,1-3H3,(H,18,23). The first kappa shape index (κ1) is 17.7. The Morgan fingerprint density at radius 2 is 2.09 bits per heavy atom. The lowest BCUT2D eigenvalue weighted by molar-refractivity contribution is 0.0951. The number of carbonyl (C=O) groups excluding carboxylic acids is 1. The molecule has 6 nitrogen and oxygen atoms in total. The van der Waals surface area contributed by atoms with E-state index in [0.29, 0.717) is 18.2 Å². The zero-order valence-electron chi connectivity index (χ0n) is 14.6. The van der Waals surface area contributed by atoms with E-state index in [-0.39, 0.29) is 5.91 Å². The van der Waals surface area contributed by atoms with Crippen LogP contribution >= 0.6 is 0 Å². The maximum Gasteiger partial charge on any atom is 0.254 e. The lowest BCUT2D eigenvalue weighted by atomic mass is 10.0. The van der Waals surface area contributed by atoms with Crippen LogP contribution in [0, 0.1) is 0 Å². The highest BCUT2D eigenvalue weighted by atomic mass is 16.1. The van der Waals surface area contributed by atoms with E-state index in [2.05, 4.69) is 32.0 Å². The number of nitrogens with zero attached hydrogens (tertiary/aromatic N) is 4. The Labute approximate surface area is 139 Å². The summed E-state index contributed by atoms with van der Waals surface area (Å²) in [5.74, 6) is 0.654. The van der Waals surface area contributed by atoms with Crippen molar-refractivity contribution in [2.24, 2.45) is 0 Å². The van der Waals surface area contributed by atoms with Gasteiger partial charge in [0.15, 0.2) is 0 Å². The average Bonchev–Trinajstić information content (AvgIpc) is 2.58. The Kier molecular flexibility index (Phi) is 6.77. The summed E-state index contributed by atoms with van der Waals surface area (Å²) in [6, 6.07) is 0.523. The van der Waals surface area contributed by atoms with Crippen LogP contribution < -0.4 is 10.2 Å². The highest BCUT2D eigenvalue weighted by molar-refractivity contribution is 5.93. The molecule has 1 fully saturated rings. The van der Waals surface area contributed by atoms with Gasteiger partial charge in [-0.25, -0.2) is 9.97 Å². The van der Waals surface area contributed by atoms with E-state index in [0.717, 1.165) is 31.9 Å². The largest absolute Gasteiger partial charge is 0.352 e. The minimum atomic E-state index is -0.0963. The molecule has 2 heterocycles. The molecule has 1 aromatic heterocycles. The summed E-state index contributed by atoms with van der Waals surface area (Å²) in [6.45, 7) is 4.85. The molecular weight excluding hydrogens is 290 g/mol. The van der Waals surface area contributed by atoms with Gasteiger partial charge >= 0.3 is 0 Å². The SMILES string of the molecule is CCC1CCCCN1c1ncc(C(=O)NCCCN(C)C)cn1. The molecule has 0 aromatic carbocycles. The molecular formula is C17H29N5O. The third-order valence-electron chi connectivity index (χ3n) is 4.32. The molecule has 1 aromatic rings. The lowest BCUT2D eigenvalue weighted by Gasteiger charge is -2.35. The van der Waals surface area contributed by atoms with E-state index in [1.54, 1.807) is 12.4 Å². The van der Waals surface area contributed by atoms with Crippen LogP contribution in [-0.2, 0) is 0 Å². The van der Waals surface area contributed by atoms with Crippen molar-refractivity contribution >= 4 is 11.9 Å². The maximum atomic E-state index is 12.1. The number of hydrogen-bond donors (Lipinski definition) is 1. The Bertz CT molecular complexity index is 488. The molecule has 1 amide bonds. The van der Waals surface area contributed by atoms with Crippen molar-refractivity contribution in [3.05, 3.63) is 18.0 Å². The van der Waals surface area contributed by atoms with Crippen molar-refractivity contribution in [1.29, 1.82) is 0 Å². The molecule has 23 heavy (non-hydrogen) atoms. The lowest BCUT2D eigenvalue weighted by Crippen LogP contribution is -2.40. The first-order valence-electron chi connectivity index (χ1n) is 8.63. The summed E-state index contributed by atoms with van der Waals surface area (Å²) in [5, 5.41) is 2.91. The van der Waals surface area contributed by atoms with E-state index in [1.165, 1.54) is 19.3 Å². The van der Waals surface area contributed by atoms with Crippen LogP contribution in [0.25, 0.3) is 0 Å². The van der Waals surface area contributed by atoms with Crippen molar-refractivity contribution in [3.8, 4) is 0 Å². The topological polar surface area (TPSA) is 61.4 Å². The summed E-state index contributed by atoms with van der Waals surface area (Å²) in [7, 11) is 4.05. The van der Waals surface area contributed by atoms with Crippen LogP contribution in [0.2, 0.25) is 0 Å². The maximum absolute atomic E-state index is 12.1. The first-order valence-corrected chi connectivity index (χ1v) is 8.63. The monoisotopic (exact) mass is 319 g/mol. The quantitative estimate of drug-likeness (QED) is 0.778. The summed E-state index contributed by atoms with van der Waals surface area (Å²) < 4.78 is 0. The number of anilines is 1. The van der Waals surface area contributed by atoms with Gasteiger partial charge < -0.3 is 15.1 Å². The minimum absolute atomic E-state index is 0.0963. The van der Waals surface area contributed by atoms with Gasteiger partial charge in [-0.2, -0.15) is 0 Å². The molecule has 1 aliphatic rings. The second-order valence-electron chi connectivity index (χ2n) is 6.44. The number of nitrogens with one attached hydrogen (secondary N) is 1. The number of aromatic nitrogens is 2. The van der Waals surface area contributed by atoms with Gasteiger partial charge in [0, 0.05) is 31.5 Å². The van der Waals surface area contributed by atoms with Crippen molar-refractivity contribution in [2.75, 3.05) is 38.6 Å². The normalized spacial score (nSPS) is 18.3. The predicted octanol–water partition coefficient (Wildman–Crippen LogP) is 1.93. The van der Waals surface area contributed by atoms with Gasteiger partial charge in [-0.3, -0.25) is 4.79 Å². The zero-order chi connectivity index (χ0) is 16.7. The summed E-state index contributed by atoms with van der Waals surface area (Å²) in [6.07, 6.45) is 9.00. The second kappa shape index (κ2) is 8.82. The van der Waals surface area contributed by atoms with Gasteiger partial charge in [-0.1, -0.05) is 6.92 Å². The number of carbonyl (C=O) groups is 1. The molecule has 0 saturated carbocycles. The molecule has 0 aliphatic carbocycles. The molecule has 128 valence electrons. The van der Waals surface area contributed by atoms with Gasteiger partial charge in [0.25, 0.3) is 5.91 Å². The highest BCUT2D eigenvalue weighted by Crippen LogP contribution is 2.23. The fraction of sp³-hybridized carbons (Fsp3) is 0.706. The van der Waals surface area contributed by atoms with Crippen LogP contribution in [0.4, 0.5) is 5.95 Å². The Morgan fingerprint density at radius 3 is 2.74 bits per heavy atom. The van der Waals surface area contributed by atoms with E-state index < -0.39 is 0 Å². The summed E-state index contributed by atoms with van der Waals surface area (Å²) >= 11 is 0. The zero-order valence-corrected chi connectivity index (χ0v) is 14.6. The molecule has 6 heteroatoms. The van der Waals surface area contributed by atoms with Crippen molar-refractivity contribution in [2.45, 2.75) is 45.1 Å². The number of amides is 1. The van der Waals surface area contributed by atoms with Gasteiger partial charge in [-0.05, 0) is 52.7 Å². The van der Waals surface area contributed by atoms with Crippen molar-refractivity contribution in [3.63, 3.8) is 0 Å². The van der Waals surface area contributed by atoms with Crippen LogP contribution in [0.1, 0.15) is 49.4 Å². The van der Waals surface area contributed by atoms with Gasteiger partial charge in [0.1, 0.15) is 0 Å². The van der Waals surface area contributed by atoms with Gasteiger partial charge in [0.05, 0.1) is 5.56 Å². The number of rotatable bonds is 7. The number of hydrogen-bond acceptors (Lipinski definition) is 5. The summed E-state index contributed by atoms with van der Waals surface area (Å²) in [4.78, 5) is 25.3. The highest BCUT2D eigenvalue weighted by Gasteiger charge is 2.23. The Balaban J connectivity index is 1.89. The fourth-order valence-electron chi connectivity index (χ4n) is 2.97.